The summed E-state index contributed by atoms with van der Waals surface area (Å²) in [4.78, 5) is 0. The number of hydrogen-bond donors (Lipinski definition) is 0. The van der Waals surface area contributed by atoms with Gasteiger partial charge in [-0.05, 0) is 43.9 Å². The van der Waals surface area contributed by atoms with Crippen molar-refractivity contribution in [3.05, 3.63) is 29.8 Å². The molecule has 0 aliphatic carbocycles. The van der Waals surface area contributed by atoms with Crippen LogP contribution in [0.3, 0.4) is 0 Å². The third kappa shape index (κ3) is 5.12. The van der Waals surface area contributed by atoms with Crippen molar-refractivity contribution in [3.8, 4) is 18.1 Å². The third-order valence-corrected chi connectivity index (χ3v) is 2.22. The summed E-state index contributed by atoms with van der Waals surface area (Å²) in [5.74, 6) is 3.61. The van der Waals surface area contributed by atoms with Gasteiger partial charge in [-0.15, -0.1) is 12.3 Å². The highest BCUT2D eigenvalue weighted by Gasteiger charge is 1.93. The van der Waals surface area contributed by atoms with E-state index in [1.807, 2.05) is 12.1 Å². The molecule has 1 aromatic rings. The number of unbranched alkanes of at least 4 members (excludes halogenated alkanes) is 3. The van der Waals surface area contributed by atoms with Crippen LogP contribution in [-0.2, 0) is 0 Å². The van der Waals surface area contributed by atoms with E-state index in [1.54, 1.807) is 0 Å². The lowest BCUT2D eigenvalue weighted by Crippen LogP contribution is -1.97. The number of aryl methyl sites for hydroxylation is 1. The Bertz CT molecular complexity index is 322. The first-order valence-corrected chi connectivity index (χ1v) is 5.46. The van der Waals surface area contributed by atoms with E-state index >= 15 is 0 Å². The second-order valence-electron chi connectivity index (χ2n) is 3.68. The van der Waals surface area contributed by atoms with E-state index in [0.29, 0.717) is 0 Å². The van der Waals surface area contributed by atoms with E-state index in [1.165, 1.54) is 5.56 Å². The quantitative estimate of drug-likeness (QED) is 0.506. The lowest BCUT2D eigenvalue weighted by atomic mass is 10.2. The van der Waals surface area contributed by atoms with Gasteiger partial charge in [0.05, 0.1) is 6.61 Å². The molecule has 0 fully saturated rings. The van der Waals surface area contributed by atoms with Gasteiger partial charge in [0.25, 0.3) is 0 Å². The number of rotatable bonds is 6. The zero-order valence-corrected chi connectivity index (χ0v) is 9.33. The van der Waals surface area contributed by atoms with Crippen molar-refractivity contribution < 1.29 is 4.74 Å². The van der Waals surface area contributed by atoms with Gasteiger partial charge in [-0.2, -0.15) is 0 Å². The molecule has 0 spiro atoms. The largest absolute Gasteiger partial charge is 0.494 e. The molecule has 0 N–H and O–H groups in total. The van der Waals surface area contributed by atoms with Gasteiger partial charge < -0.3 is 4.74 Å². The minimum Gasteiger partial charge on any atom is -0.494 e. The minimum absolute atomic E-state index is 0.786. The zero-order chi connectivity index (χ0) is 10.9. The summed E-state index contributed by atoms with van der Waals surface area (Å²) >= 11 is 0. The Morgan fingerprint density at radius 3 is 2.87 bits per heavy atom. The minimum atomic E-state index is 0.786. The zero-order valence-electron chi connectivity index (χ0n) is 9.33. The fourth-order valence-electron chi connectivity index (χ4n) is 1.40. The monoisotopic (exact) mass is 202 g/mol. The molecular formula is C14H18O. The highest BCUT2D eigenvalue weighted by Crippen LogP contribution is 2.12. The predicted molar refractivity (Wildman–Crippen MR) is 64.0 cm³/mol. The van der Waals surface area contributed by atoms with Crippen LogP contribution in [-0.4, -0.2) is 6.61 Å². The molecule has 0 atom stereocenters. The van der Waals surface area contributed by atoms with Gasteiger partial charge in [-0.1, -0.05) is 12.1 Å². The first-order chi connectivity index (χ1) is 7.33. The van der Waals surface area contributed by atoms with Crippen molar-refractivity contribution >= 4 is 0 Å². The van der Waals surface area contributed by atoms with Crippen LogP contribution in [0.25, 0.3) is 0 Å². The van der Waals surface area contributed by atoms with E-state index in [0.717, 1.165) is 38.0 Å². The average molecular weight is 202 g/mol. The fraction of sp³-hybridized carbons (Fsp3) is 0.429. The number of benzene rings is 1. The average Bonchev–Trinajstić information content (AvgIpc) is 2.23. The Hall–Kier alpha value is -1.42. The second kappa shape index (κ2) is 6.95. The van der Waals surface area contributed by atoms with Crippen LogP contribution in [0.15, 0.2) is 24.3 Å². The summed E-state index contributed by atoms with van der Waals surface area (Å²) in [7, 11) is 0. The molecule has 0 saturated heterocycles. The molecule has 80 valence electrons. The number of hydrogen-bond acceptors (Lipinski definition) is 1. The van der Waals surface area contributed by atoms with E-state index in [9.17, 15) is 0 Å². The molecule has 1 aromatic carbocycles. The molecule has 0 unspecified atom stereocenters. The van der Waals surface area contributed by atoms with Crippen molar-refractivity contribution in [2.75, 3.05) is 6.61 Å². The van der Waals surface area contributed by atoms with Crippen LogP contribution in [0.5, 0.6) is 5.75 Å². The summed E-state index contributed by atoms with van der Waals surface area (Å²) in [5.41, 5.74) is 1.24. The lowest BCUT2D eigenvalue weighted by molar-refractivity contribution is 0.305. The van der Waals surface area contributed by atoms with Crippen LogP contribution in [0.1, 0.15) is 31.2 Å². The van der Waals surface area contributed by atoms with Gasteiger partial charge in [0, 0.05) is 6.42 Å². The van der Waals surface area contributed by atoms with Gasteiger partial charge >= 0.3 is 0 Å². The van der Waals surface area contributed by atoms with E-state index in [4.69, 9.17) is 11.2 Å². The van der Waals surface area contributed by atoms with Crippen molar-refractivity contribution in [3.63, 3.8) is 0 Å². The molecule has 0 heterocycles. The molecule has 0 aliphatic rings. The van der Waals surface area contributed by atoms with Crippen LogP contribution in [0.4, 0.5) is 0 Å². The van der Waals surface area contributed by atoms with Crippen molar-refractivity contribution in [1.82, 2.24) is 0 Å². The summed E-state index contributed by atoms with van der Waals surface area (Å²) in [6.45, 7) is 2.85. The maximum atomic E-state index is 5.62. The van der Waals surface area contributed by atoms with Crippen molar-refractivity contribution in [2.45, 2.75) is 32.6 Å². The summed E-state index contributed by atoms with van der Waals surface area (Å²) < 4.78 is 5.62. The molecular weight excluding hydrogens is 184 g/mol. The SMILES string of the molecule is C#CCCCCCOc1cccc(C)c1. The van der Waals surface area contributed by atoms with E-state index in [2.05, 4.69) is 25.0 Å². The van der Waals surface area contributed by atoms with Crippen molar-refractivity contribution in [2.24, 2.45) is 0 Å². The van der Waals surface area contributed by atoms with Gasteiger partial charge in [0.15, 0.2) is 0 Å². The van der Waals surface area contributed by atoms with Gasteiger partial charge in [0.1, 0.15) is 5.75 Å². The third-order valence-electron chi connectivity index (χ3n) is 2.22. The molecule has 0 bridgehead atoms. The second-order valence-corrected chi connectivity index (χ2v) is 3.68. The normalized spacial score (nSPS) is 9.60. The first kappa shape index (κ1) is 11.7. The van der Waals surface area contributed by atoms with Crippen LogP contribution in [0, 0.1) is 19.3 Å². The first-order valence-electron chi connectivity index (χ1n) is 5.46. The van der Waals surface area contributed by atoms with Crippen LogP contribution < -0.4 is 4.74 Å². The molecule has 0 aliphatic heterocycles. The smallest absolute Gasteiger partial charge is 0.119 e. The topological polar surface area (TPSA) is 9.23 Å². The van der Waals surface area contributed by atoms with E-state index < -0.39 is 0 Å². The Labute approximate surface area is 92.5 Å². The molecule has 15 heavy (non-hydrogen) atoms. The number of terminal acetylenes is 1. The molecule has 1 nitrogen and oxygen atoms in total. The highest BCUT2D eigenvalue weighted by atomic mass is 16.5. The molecule has 0 saturated carbocycles. The predicted octanol–water partition coefficient (Wildman–Crippen LogP) is 3.57. The van der Waals surface area contributed by atoms with Crippen LogP contribution >= 0.6 is 0 Å². The Morgan fingerprint density at radius 2 is 2.13 bits per heavy atom. The Kier molecular flexibility index (Phi) is 5.40. The highest BCUT2D eigenvalue weighted by molar-refractivity contribution is 5.27. The molecule has 1 heteroatoms. The standard InChI is InChI=1S/C14H18O/c1-3-4-5-6-7-11-15-14-10-8-9-13(2)12-14/h1,8-10,12H,4-7,11H2,2H3. The van der Waals surface area contributed by atoms with E-state index in [-0.39, 0.29) is 0 Å². The van der Waals surface area contributed by atoms with Gasteiger partial charge in [0.2, 0.25) is 0 Å². The van der Waals surface area contributed by atoms with Gasteiger partial charge in [-0.25, -0.2) is 0 Å². The maximum Gasteiger partial charge on any atom is 0.119 e. The van der Waals surface area contributed by atoms with Crippen LogP contribution in [0.2, 0.25) is 0 Å². The van der Waals surface area contributed by atoms with Crippen molar-refractivity contribution in [1.29, 1.82) is 0 Å². The summed E-state index contributed by atoms with van der Waals surface area (Å²) in [5, 5.41) is 0. The Morgan fingerprint density at radius 1 is 1.27 bits per heavy atom. The summed E-state index contributed by atoms with van der Waals surface area (Å²) in [6, 6.07) is 8.14. The molecule has 0 amide bonds. The Balaban J connectivity index is 2.13. The maximum absolute atomic E-state index is 5.62. The molecule has 0 aromatic heterocycles. The fourth-order valence-corrected chi connectivity index (χ4v) is 1.40. The molecule has 1 rings (SSSR count). The molecule has 0 radical (unpaired) electrons. The summed E-state index contributed by atoms with van der Waals surface area (Å²) in [6.07, 6.45) is 9.38. The lowest BCUT2D eigenvalue weighted by Gasteiger charge is -2.05. The number of ether oxygens (including phenoxy) is 1. The van der Waals surface area contributed by atoms with Gasteiger partial charge in [-0.3, -0.25) is 0 Å².